The van der Waals surface area contributed by atoms with E-state index in [-0.39, 0.29) is 5.56 Å². The molecule has 0 saturated heterocycles. The summed E-state index contributed by atoms with van der Waals surface area (Å²) in [5.41, 5.74) is 1.32. The highest BCUT2D eigenvalue weighted by atomic mass is 16.4. The summed E-state index contributed by atoms with van der Waals surface area (Å²) in [6.07, 6.45) is 3.34. The Kier molecular flexibility index (Phi) is 3.84. The van der Waals surface area contributed by atoms with E-state index in [0.29, 0.717) is 23.2 Å². The van der Waals surface area contributed by atoms with Gasteiger partial charge in [0.05, 0.1) is 6.20 Å². The number of rotatable bonds is 3. The molecule has 0 aliphatic rings. The molecule has 3 heterocycles. The Morgan fingerprint density at radius 2 is 1.61 bits per heavy atom. The molecule has 0 aliphatic heterocycles. The first-order chi connectivity index (χ1) is 13.8. The van der Waals surface area contributed by atoms with Crippen molar-refractivity contribution in [3.8, 4) is 28.7 Å². The van der Waals surface area contributed by atoms with Gasteiger partial charge in [-0.25, -0.2) is 9.97 Å². The summed E-state index contributed by atoms with van der Waals surface area (Å²) in [4.78, 5) is 21.3. The lowest BCUT2D eigenvalue weighted by atomic mass is 10.0. The summed E-state index contributed by atoms with van der Waals surface area (Å²) in [5.74, 6) is 1.54. The van der Waals surface area contributed by atoms with E-state index in [0.717, 1.165) is 16.3 Å². The summed E-state index contributed by atoms with van der Waals surface area (Å²) in [7, 11) is 0. The van der Waals surface area contributed by atoms with Crippen LogP contribution in [0.4, 0.5) is 0 Å². The maximum absolute atomic E-state index is 12.5. The van der Waals surface area contributed by atoms with E-state index in [1.165, 1.54) is 10.6 Å². The molecule has 0 radical (unpaired) electrons. The molecule has 3 aromatic heterocycles. The fourth-order valence-electron chi connectivity index (χ4n) is 3.34. The molecule has 0 N–H and O–H groups in total. The number of benzene rings is 2. The van der Waals surface area contributed by atoms with Crippen LogP contribution in [0, 0.1) is 0 Å². The molecule has 0 atom stereocenters. The van der Waals surface area contributed by atoms with E-state index in [4.69, 9.17) is 4.42 Å². The van der Waals surface area contributed by atoms with Gasteiger partial charge < -0.3 is 4.42 Å². The SMILES string of the molecule is O=c1cccc(-c2ncc(-c3cccc4ccccc34)o2)n1-c1ccccn1. The second kappa shape index (κ2) is 6.63. The molecular formula is C23H15N3O2. The van der Waals surface area contributed by atoms with Crippen molar-refractivity contribution in [2.75, 3.05) is 0 Å². The van der Waals surface area contributed by atoms with Crippen LogP contribution in [0.15, 0.2) is 100 Å². The Bertz CT molecular complexity index is 1330. The number of aromatic nitrogens is 3. The smallest absolute Gasteiger partial charge is 0.256 e. The van der Waals surface area contributed by atoms with Gasteiger partial charge in [0.2, 0.25) is 5.89 Å². The summed E-state index contributed by atoms with van der Waals surface area (Å²) in [6, 6.07) is 24.6. The van der Waals surface area contributed by atoms with Crippen LogP contribution in [0.25, 0.3) is 39.5 Å². The average Bonchev–Trinajstić information content (AvgIpc) is 3.24. The van der Waals surface area contributed by atoms with Gasteiger partial charge in [-0.1, -0.05) is 54.6 Å². The zero-order valence-electron chi connectivity index (χ0n) is 14.8. The van der Waals surface area contributed by atoms with Crippen LogP contribution in [0.1, 0.15) is 0 Å². The molecule has 0 bridgehead atoms. The minimum absolute atomic E-state index is 0.193. The Hall–Kier alpha value is -3.99. The summed E-state index contributed by atoms with van der Waals surface area (Å²) in [5, 5.41) is 2.21. The molecule has 0 amide bonds. The van der Waals surface area contributed by atoms with E-state index < -0.39 is 0 Å². The largest absolute Gasteiger partial charge is 0.435 e. The molecule has 5 aromatic rings. The molecular weight excluding hydrogens is 350 g/mol. The molecule has 5 nitrogen and oxygen atoms in total. The number of hydrogen-bond acceptors (Lipinski definition) is 4. The molecule has 0 spiro atoms. The monoisotopic (exact) mass is 365 g/mol. The van der Waals surface area contributed by atoms with E-state index >= 15 is 0 Å². The first-order valence-electron chi connectivity index (χ1n) is 8.89. The van der Waals surface area contributed by atoms with E-state index in [1.807, 2.05) is 30.3 Å². The van der Waals surface area contributed by atoms with Crippen molar-refractivity contribution in [1.29, 1.82) is 0 Å². The fourth-order valence-corrected chi connectivity index (χ4v) is 3.34. The molecule has 28 heavy (non-hydrogen) atoms. The van der Waals surface area contributed by atoms with E-state index in [1.54, 1.807) is 36.7 Å². The van der Waals surface area contributed by atoms with Gasteiger partial charge in [0.25, 0.3) is 5.56 Å². The number of oxazole rings is 1. The molecule has 0 saturated carbocycles. The lowest BCUT2D eigenvalue weighted by molar-refractivity contribution is 0.583. The van der Waals surface area contributed by atoms with Crippen molar-refractivity contribution in [2.24, 2.45) is 0 Å². The lowest BCUT2D eigenvalue weighted by Crippen LogP contribution is -2.19. The summed E-state index contributed by atoms with van der Waals surface area (Å²) in [6.45, 7) is 0. The molecule has 0 unspecified atom stereocenters. The van der Waals surface area contributed by atoms with Crippen LogP contribution in [0.3, 0.4) is 0 Å². The first kappa shape index (κ1) is 16.2. The fraction of sp³-hybridized carbons (Fsp3) is 0. The first-order valence-corrected chi connectivity index (χ1v) is 8.89. The quantitative estimate of drug-likeness (QED) is 0.465. The van der Waals surface area contributed by atoms with Gasteiger partial charge in [-0.15, -0.1) is 0 Å². The predicted molar refractivity (Wildman–Crippen MR) is 108 cm³/mol. The van der Waals surface area contributed by atoms with Crippen LogP contribution in [0.5, 0.6) is 0 Å². The minimum Gasteiger partial charge on any atom is -0.435 e. The Balaban J connectivity index is 1.67. The Labute approximate surface area is 160 Å². The molecule has 2 aromatic carbocycles. The zero-order valence-corrected chi connectivity index (χ0v) is 14.8. The average molecular weight is 365 g/mol. The number of pyridine rings is 2. The Morgan fingerprint density at radius 1 is 0.786 bits per heavy atom. The van der Waals surface area contributed by atoms with Gasteiger partial charge in [-0.2, -0.15) is 0 Å². The van der Waals surface area contributed by atoms with Crippen molar-refractivity contribution < 1.29 is 4.42 Å². The topological polar surface area (TPSA) is 60.9 Å². The van der Waals surface area contributed by atoms with Crippen molar-refractivity contribution in [3.05, 3.63) is 102 Å². The number of fused-ring (bicyclic) bond motifs is 1. The summed E-state index contributed by atoms with van der Waals surface area (Å²) >= 11 is 0. The normalized spacial score (nSPS) is 11.0. The third kappa shape index (κ3) is 2.70. The third-order valence-corrected chi connectivity index (χ3v) is 4.61. The molecule has 5 heteroatoms. The second-order valence-electron chi connectivity index (χ2n) is 6.33. The van der Waals surface area contributed by atoms with Gasteiger partial charge in [0, 0.05) is 17.8 Å². The zero-order chi connectivity index (χ0) is 18.9. The number of hydrogen-bond donors (Lipinski definition) is 0. The third-order valence-electron chi connectivity index (χ3n) is 4.61. The predicted octanol–water partition coefficient (Wildman–Crippen LogP) is 4.71. The van der Waals surface area contributed by atoms with Crippen molar-refractivity contribution in [1.82, 2.24) is 14.5 Å². The second-order valence-corrected chi connectivity index (χ2v) is 6.33. The van der Waals surface area contributed by atoms with Crippen LogP contribution in [0.2, 0.25) is 0 Å². The minimum atomic E-state index is -0.193. The molecule has 0 aliphatic carbocycles. The van der Waals surface area contributed by atoms with Gasteiger partial charge >= 0.3 is 0 Å². The van der Waals surface area contributed by atoms with Crippen molar-refractivity contribution in [2.45, 2.75) is 0 Å². The standard InChI is InChI=1S/C23H15N3O2/c27-22-13-6-11-19(26(22)21-12-3-4-14-24-21)23-25-15-20(28-23)18-10-5-8-16-7-1-2-9-17(16)18/h1-15H. The van der Waals surface area contributed by atoms with Gasteiger partial charge in [-0.05, 0) is 29.0 Å². The van der Waals surface area contributed by atoms with Gasteiger partial charge in [-0.3, -0.25) is 9.36 Å². The van der Waals surface area contributed by atoms with E-state index in [2.05, 4.69) is 28.2 Å². The highest BCUT2D eigenvalue weighted by Crippen LogP contribution is 2.31. The van der Waals surface area contributed by atoms with Gasteiger partial charge in [0.15, 0.2) is 5.76 Å². The Morgan fingerprint density at radius 3 is 2.50 bits per heavy atom. The summed E-state index contributed by atoms with van der Waals surface area (Å²) < 4.78 is 7.58. The van der Waals surface area contributed by atoms with Crippen LogP contribution < -0.4 is 5.56 Å². The van der Waals surface area contributed by atoms with Crippen molar-refractivity contribution >= 4 is 10.8 Å². The van der Waals surface area contributed by atoms with Crippen molar-refractivity contribution in [3.63, 3.8) is 0 Å². The van der Waals surface area contributed by atoms with Gasteiger partial charge in [0.1, 0.15) is 11.5 Å². The maximum Gasteiger partial charge on any atom is 0.256 e. The number of nitrogens with zero attached hydrogens (tertiary/aromatic N) is 3. The molecule has 5 rings (SSSR count). The highest BCUT2D eigenvalue weighted by molar-refractivity contribution is 5.95. The maximum atomic E-state index is 12.5. The van der Waals surface area contributed by atoms with Crippen LogP contribution in [-0.2, 0) is 0 Å². The van der Waals surface area contributed by atoms with Crippen LogP contribution in [-0.4, -0.2) is 14.5 Å². The highest BCUT2D eigenvalue weighted by Gasteiger charge is 2.16. The molecule has 134 valence electrons. The van der Waals surface area contributed by atoms with Crippen LogP contribution >= 0.6 is 0 Å². The molecule has 0 fully saturated rings. The lowest BCUT2D eigenvalue weighted by Gasteiger charge is -2.09. The van der Waals surface area contributed by atoms with E-state index in [9.17, 15) is 4.79 Å².